The number of hydrogen-bond acceptors (Lipinski definition) is 2. The van der Waals surface area contributed by atoms with E-state index in [0.29, 0.717) is 13.2 Å². The SMILES string of the molecule is CC1C(=O)NCCOC1I. The summed E-state index contributed by atoms with van der Waals surface area (Å²) in [5.41, 5.74) is 0. The first-order valence-electron chi connectivity index (χ1n) is 3.25. The van der Waals surface area contributed by atoms with Crippen molar-refractivity contribution in [2.75, 3.05) is 13.2 Å². The Hall–Kier alpha value is 0.160. The molecule has 0 bridgehead atoms. The minimum Gasteiger partial charge on any atom is -0.365 e. The topological polar surface area (TPSA) is 38.3 Å². The fourth-order valence-corrected chi connectivity index (χ4v) is 1.35. The lowest BCUT2D eigenvalue weighted by atomic mass is 10.2. The molecule has 10 heavy (non-hydrogen) atoms. The van der Waals surface area contributed by atoms with Gasteiger partial charge in [-0.05, 0) is 0 Å². The highest BCUT2D eigenvalue weighted by Crippen LogP contribution is 2.16. The Bertz CT molecular complexity index is 140. The van der Waals surface area contributed by atoms with Crippen molar-refractivity contribution in [2.24, 2.45) is 5.92 Å². The number of rotatable bonds is 0. The van der Waals surface area contributed by atoms with Crippen molar-refractivity contribution in [1.29, 1.82) is 0 Å². The van der Waals surface area contributed by atoms with Crippen LogP contribution in [0.1, 0.15) is 6.92 Å². The van der Waals surface area contributed by atoms with E-state index < -0.39 is 0 Å². The van der Waals surface area contributed by atoms with E-state index in [2.05, 4.69) is 27.9 Å². The summed E-state index contributed by atoms with van der Waals surface area (Å²) in [5, 5.41) is 2.76. The van der Waals surface area contributed by atoms with Gasteiger partial charge in [0.15, 0.2) is 0 Å². The maximum Gasteiger partial charge on any atom is 0.226 e. The summed E-state index contributed by atoms with van der Waals surface area (Å²) < 4.78 is 5.32. The van der Waals surface area contributed by atoms with Crippen LogP contribution in [0.15, 0.2) is 0 Å². The summed E-state index contributed by atoms with van der Waals surface area (Å²) in [4.78, 5) is 11.0. The zero-order valence-electron chi connectivity index (χ0n) is 5.76. The van der Waals surface area contributed by atoms with E-state index in [1.165, 1.54) is 0 Å². The van der Waals surface area contributed by atoms with Crippen LogP contribution in [0, 0.1) is 5.92 Å². The van der Waals surface area contributed by atoms with E-state index >= 15 is 0 Å². The van der Waals surface area contributed by atoms with Crippen molar-refractivity contribution in [2.45, 2.75) is 11.0 Å². The van der Waals surface area contributed by atoms with E-state index in [0.717, 1.165) is 0 Å². The van der Waals surface area contributed by atoms with Gasteiger partial charge in [-0.3, -0.25) is 4.79 Å². The molecule has 0 spiro atoms. The molecule has 0 aromatic carbocycles. The van der Waals surface area contributed by atoms with Gasteiger partial charge in [-0.15, -0.1) is 0 Å². The molecule has 1 saturated heterocycles. The maximum absolute atomic E-state index is 11.0. The van der Waals surface area contributed by atoms with Crippen LogP contribution in [0.2, 0.25) is 0 Å². The summed E-state index contributed by atoms with van der Waals surface area (Å²) >= 11 is 2.14. The van der Waals surface area contributed by atoms with Gasteiger partial charge in [0.25, 0.3) is 0 Å². The van der Waals surface area contributed by atoms with Crippen LogP contribution in [0.5, 0.6) is 0 Å². The second-order valence-electron chi connectivity index (χ2n) is 2.30. The van der Waals surface area contributed by atoms with Crippen LogP contribution in [0.3, 0.4) is 0 Å². The summed E-state index contributed by atoms with van der Waals surface area (Å²) in [6.45, 7) is 3.14. The quantitative estimate of drug-likeness (QED) is 0.506. The third-order valence-electron chi connectivity index (χ3n) is 1.49. The molecule has 1 heterocycles. The fourth-order valence-electron chi connectivity index (χ4n) is 0.770. The number of alkyl halides is 1. The van der Waals surface area contributed by atoms with Gasteiger partial charge in [0, 0.05) is 6.54 Å². The highest BCUT2D eigenvalue weighted by molar-refractivity contribution is 14.1. The lowest BCUT2D eigenvalue weighted by Gasteiger charge is -2.11. The molecule has 3 nitrogen and oxygen atoms in total. The maximum atomic E-state index is 11.0. The normalized spacial score (nSPS) is 34.8. The van der Waals surface area contributed by atoms with Crippen molar-refractivity contribution >= 4 is 28.5 Å². The zero-order valence-corrected chi connectivity index (χ0v) is 7.92. The lowest BCUT2D eigenvalue weighted by molar-refractivity contribution is -0.124. The van der Waals surface area contributed by atoms with Crippen molar-refractivity contribution in [3.8, 4) is 0 Å². The average Bonchev–Trinajstić information content (AvgIpc) is 2.04. The van der Waals surface area contributed by atoms with E-state index in [1.807, 2.05) is 6.92 Å². The Kier molecular flexibility index (Phi) is 2.91. The van der Waals surface area contributed by atoms with Gasteiger partial charge in [-0.25, -0.2) is 0 Å². The molecular weight excluding hydrogens is 245 g/mol. The summed E-state index contributed by atoms with van der Waals surface area (Å²) in [7, 11) is 0. The third kappa shape index (κ3) is 1.82. The van der Waals surface area contributed by atoms with Gasteiger partial charge in [0.2, 0.25) is 5.91 Å². The number of carbonyl (C=O) groups excluding carboxylic acids is 1. The second-order valence-corrected chi connectivity index (χ2v) is 3.53. The molecule has 1 amide bonds. The molecule has 1 aliphatic rings. The number of nitrogens with one attached hydrogen (secondary N) is 1. The smallest absolute Gasteiger partial charge is 0.226 e. The van der Waals surface area contributed by atoms with E-state index in [1.54, 1.807) is 0 Å². The summed E-state index contributed by atoms with van der Waals surface area (Å²) in [6.07, 6.45) is 0. The number of carbonyl (C=O) groups is 1. The third-order valence-corrected chi connectivity index (χ3v) is 2.92. The molecule has 0 saturated carbocycles. The van der Waals surface area contributed by atoms with Crippen LogP contribution in [0.25, 0.3) is 0 Å². The van der Waals surface area contributed by atoms with E-state index in [-0.39, 0.29) is 15.9 Å². The molecule has 1 rings (SSSR count). The van der Waals surface area contributed by atoms with Gasteiger partial charge in [0.1, 0.15) is 4.11 Å². The van der Waals surface area contributed by atoms with Crippen LogP contribution in [-0.4, -0.2) is 23.2 Å². The number of hydrogen-bond donors (Lipinski definition) is 1. The Morgan fingerprint density at radius 3 is 3.20 bits per heavy atom. The van der Waals surface area contributed by atoms with Gasteiger partial charge in [-0.2, -0.15) is 0 Å². The molecule has 0 radical (unpaired) electrons. The number of ether oxygens (including phenoxy) is 1. The van der Waals surface area contributed by atoms with E-state index in [4.69, 9.17) is 4.74 Å². The first-order chi connectivity index (χ1) is 4.72. The number of amides is 1. The minimum absolute atomic E-state index is 0.0249. The second kappa shape index (κ2) is 3.52. The van der Waals surface area contributed by atoms with Crippen molar-refractivity contribution in [3.05, 3.63) is 0 Å². The fraction of sp³-hybridized carbons (Fsp3) is 0.833. The zero-order chi connectivity index (χ0) is 7.56. The monoisotopic (exact) mass is 255 g/mol. The standard InChI is InChI=1S/C6H10INO2/c1-4-5(7)10-3-2-8-6(4)9/h4-5H,2-3H2,1H3,(H,8,9). The predicted octanol–water partition coefficient (Wildman–Crippen LogP) is 0.530. The Morgan fingerprint density at radius 2 is 2.50 bits per heavy atom. The van der Waals surface area contributed by atoms with Crippen molar-refractivity contribution in [1.82, 2.24) is 5.32 Å². The minimum atomic E-state index is -0.0249. The molecule has 58 valence electrons. The Balaban J connectivity index is 2.55. The Morgan fingerprint density at radius 1 is 1.80 bits per heavy atom. The average molecular weight is 255 g/mol. The van der Waals surface area contributed by atoms with Crippen LogP contribution in [0.4, 0.5) is 0 Å². The van der Waals surface area contributed by atoms with Gasteiger partial charge in [-0.1, -0.05) is 29.5 Å². The van der Waals surface area contributed by atoms with Gasteiger partial charge < -0.3 is 10.1 Å². The largest absolute Gasteiger partial charge is 0.365 e. The lowest BCUT2D eigenvalue weighted by Crippen LogP contribution is -2.30. The molecule has 1 fully saturated rings. The number of halogens is 1. The van der Waals surface area contributed by atoms with E-state index in [9.17, 15) is 4.79 Å². The summed E-state index contributed by atoms with van der Waals surface area (Å²) in [6, 6.07) is 0. The van der Waals surface area contributed by atoms with Crippen molar-refractivity contribution < 1.29 is 9.53 Å². The molecule has 1 N–H and O–H groups in total. The molecule has 4 heteroatoms. The molecule has 0 aliphatic carbocycles. The first-order valence-corrected chi connectivity index (χ1v) is 4.50. The molecule has 2 atom stereocenters. The van der Waals surface area contributed by atoms with Gasteiger partial charge >= 0.3 is 0 Å². The molecular formula is C6H10INO2. The van der Waals surface area contributed by atoms with Gasteiger partial charge in [0.05, 0.1) is 12.5 Å². The molecule has 0 aromatic heterocycles. The molecule has 2 unspecified atom stereocenters. The van der Waals surface area contributed by atoms with Crippen LogP contribution in [-0.2, 0) is 9.53 Å². The van der Waals surface area contributed by atoms with Crippen LogP contribution < -0.4 is 5.32 Å². The first kappa shape index (κ1) is 8.26. The summed E-state index contributed by atoms with van der Waals surface area (Å²) in [5.74, 6) is 0.0694. The molecule has 0 aromatic rings. The molecule has 1 aliphatic heterocycles. The highest BCUT2D eigenvalue weighted by atomic mass is 127. The highest BCUT2D eigenvalue weighted by Gasteiger charge is 2.24. The van der Waals surface area contributed by atoms with Crippen molar-refractivity contribution in [3.63, 3.8) is 0 Å². The Labute approximate surface area is 73.6 Å². The van der Waals surface area contributed by atoms with Crippen LogP contribution >= 0.6 is 22.6 Å². The predicted molar refractivity (Wildman–Crippen MR) is 45.9 cm³/mol.